The Kier molecular flexibility index (Phi) is 6.33. The lowest BCUT2D eigenvalue weighted by atomic mass is 10.2. The highest BCUT2D eigenvalue weighted by molar-refractivity contribution is 7.11. The van der Waals surface area contributed by atoms with Crippen LogP contribution in [-0.4, -0.2) is 36.1 Å². The number of nitrogens with one attached hydrogen (secondary N) is 2. The van der Waals surface area contributed by atoms with Crippen molar-refractivity contribution < 1.29 is 0 Å². The van der Waals surface area contributed by atoms with Crippen molar-refractivity contribution in [1.29, 1.82) is 0 Å². The molecule has 0 aliphatic heterocycles. The van der Waals surface area contributed by atoms with Crippen LogP contribution in [0.5, 0.6) is 0 Å². The van der Waals surface area contributed by atoms with Gasteiger partial charge >= 0.3 is 0 Å². The lowest BCUT2D eigenvalue weighted by Crippen LogP contribution is -2.39. The molecule has 0 atom stereocenters. The van der Waals surface area contributed by atoms with E-state index in [4.69, 9.17) is 0 Å². The van der Waals surface area contributed by atoms with Gasteiger partial charge in [0.1, 0.15) is 0 Å². The van der Waals surface area contributed by atoms with E-state index in [2.05, 4.69) is 38.6 Å². The molecule has 2 heterocycles. The number of nitrogens with zero attached hydrogens (tertiary/aromatic N) is 3. The largest absolute Gasteiger partial charge is 0.356 e. The van der Waals surface area contributed by atoms with Crippen molar-refractivity contribution in [2.75, 3.05) is 20.1 Å². The van der Waals surface area contributed by atoms with Crippen molar-refractivity contribution >= 4 is 17.3 Å². The quantitative estimate of drug-likeness (QED) is 0.633. The van der Waals surface area contributed by atoms with Gasteiger partial charge in [-0.3, -0.25) is 9.98 Å². The maximum absolute atomic E-state index is 4.36. The van der Waals surface area contributed by atoms with Gasteiger partial charge in [0.2, 0.25) is 0 Å². The molecule has 0 saturated carbocycles. The Morgan fingerprint density at radius 1 is 1.09 bits per heavy atom. The number of guanidine groups is 1. The molecule has 0 unspecified atom stereocenters. The Bertz CT molecular complexity index is 603. The van der Waals surface area contributed by atoms with Gasteiger partial charge in [-0.05, 0) is 31.9 Å². The number of thiazole rings is 1. The first-order chi connectivity index (χ1) is 10.7. The fourth-order valence-electron chi connectivity index (χ4n) is 2.00. The summed E-state index contributed by atoms with van der Waals surface area (Å²) in [5.74, 6) is 0.827. The fourth-order valence-corrected chi connectivity index (χ4v) is 2.78. The van der Waals surface area contributed by atoms with Gasteiger partial charge in [-0.15, -0.1) is 11.3 Å². The molecule has 22 heavy (non-hydrogen) atoms. The summed E-state index contributed by atoms with van der Waals surface area (Å²) in [6, 6.07) is 4.16. The van der Waals surface area contributed by atoms with Crippen LogP contribution in [0.2, 0.25) is 0 Å². The molecule has 0 aliphatic carbocycles. The fraction of sp³-hybridized carbons (Fsp3) is 0.438. The lowest BCUT2D eigenvalue weighted by Gasteiger charge is -2.11. The molecule has 0 bridgehead atoms. The van der Waals surface area contributed by atoms with Gasteiger partial charge in [-0.1, -0.05) is 6.07 Å². The Morgan fingerprint density at radius 3 is 2.45 bits per heavy atom. The number of rotatable bonds is 6. The molecule has 118 valence electrons. The van der Waals surface area contributed by atoms with Gasteiger partial charge in [0.25, 0.3) is 0 Å². The summed E-state index contributed by atoms with van der Waals surface area (Å²) >= 11 is 1.74. The molecule has 0 aliphatic rings. The van der Waals surface area contributed by atoms with Crippen LogP contribution in [0.3, 0.4) is 0 Å². The second-order valence-corrected chi connectivity index (χ2v) is 6.42. The molecule has 0 amide bonds. The van der Waals surface area contributed by atoms with Crippen LogP contribution in [0.25, 0.3) is 0 Å². The van der Waals surface area contributed by atoms with Crippen molar-refractivity contribution in [3.8, 4) is 0 Å². The first-order valence-corrected chi connectivity index (χ1v) is 8.26. The second-order valence-electron chi connectivity index (χ2n) is 5.10. The van der Waals surface area contributed by atoms with Crippen molar-refractivity contribution in [2.24, 2.45) is 4.99 Å². The van der Waals surface area contributed by atoms with Gasteiger partial charge in [0.15, 0.2) is 5.96 Å². The van der Waals surface area contributed by atoms with Crippen LogP contribution < -0.4 is 10.6 Å². The van der Waals surface area contributed by atoms with Crippen molar-refractivity contribution in [3.05, 3.63) is 45.7 Å². The average molecular weight is 317 g/mol. The summed E-state index contributed by atoms with van der Waals surface area (Å²) in [4.78, 5) is 14.1. The first-order valence-electron chi connectivity index (χ1n) is 7.44. The summed E-state index contributed by atoms with van der Waals surface area (Å²) in [5.41, 5.74) is 2.28. The second kappa shape index (κ2) is 8.48. The monoisotopic (exact) mass is 317 g/mol. The summed E-state index contributed by atoms with van der Waals surface area (Å²) < 4.78 is 0. The topological polar surface area (TPSA) is 62.2 Å². The molecule has 2 N–H and O–H groups in total. The summed E-state index contributed by atoms with van der Waals surface area (Å²) in [7, 11) is 1.79. The molecule has 6 heteroatoms. The molecule has 2 rings (SSSR count). The molecule has 0 fully saturated rings. The third-order valence-corrected chi connectivity index (χ3v) is 4.18. The predicted octanol–water partition coefficient (Wildman–Crippen LogP) is 2.11. The van der Waals surface area contributed by atoms with Gasteiger partial charge in [-0.2, -0.15) is 0 Å². The molecule has 0 spiro atoms. The zero-order valence-electron chi connectivity index (χ0n) is 13.4. The zero-order valence-corrected chi connectivity index (χ0v) is 14.2. The molecule has 0 aromatic carbocycles. The van der Waals surface area contributed by atoms with Crippen LogP contribution in [0, 0.1) is 13.8 Å². The molecule has 0 saturated heterocycles. The standard InChI is InChI=1S/C16H23N5S/c1-12-4-5-14(11-20-12)6-8-18-16(17-3)19-9-7-15-21-10-13(2)22-15/h4-5,10-11H,6-9H2,1-3H3,(H2,17,18,19). The Balaban J connectivity index is 1.67. The molecular formula is C16H23N5S. The van der Waals surface area contributed by atoms with E-state index in [1.165, 1.54) is 10.4 Å². The van der Waals surface area contributed by atoms with E-state index >= 15 is 0 Å². The SMILES string of the molecule is CN=C(NCCc1ccc(C)nc1)NCCc1ncc(C)s1. The Labute approximate surface area is 135 Å². The van der Waals surface area contributed by atoms with Crippen LogP contribution in [0.15, 0.2) is 29.5 Å². The van der Waals surface area contributed by atoms with E-state index in [1.807, 2.05) is 25.4 Å². The highest BCUT2D eigenvalue weighted by Crippen LogP contribution is 2.10. The van der Waals surface area contributed by atoms with Gasteiger partial charge in [-0.25, -0.2) is 4.98 Å². The minimum atomic E-state index is 0.827. The van der Waals surface area contributed by atoms with Crippen molar-refractivity contribution in [2.45, 2.75) is 26.7 Å². The van der Waals surface area contributed by atoms with E-state index in [0.717, 1.165) is 42.6 Å². The number of hydrogen-bond acceptors (Lipinski definition) is 4. The minimum Gasteiger partial charge on any atom is -0.356 e. The third kappa shape index (κ3) is 5.44. The van der Waals surface area contributed by atoms with Crippen LogP contribution >= 0.6 is 11.3 Å². The zero-order chi connectivity index (χ0) is 15.8. The van der Waals surface area contributed by atoms with Gasteiger partial charge in [0.05, 0.1) is 5.01 Å². The number of hydrogen-bond donors (Lipinski definition) is 2. The predicted molar refractivity (Wildman–Crippen MR) is 92.6 cm³/mol. The number of aryl methyl sites for hydroxylation is 2. The summed E-state index contributed by atoms with van der Waals surface area (Å²) in [6.45, 7) is 5.74. The molecule has 2 aromatic heterocycles. The van der Waals surface area contributed by atoms with Crippen LogP contribution in [0.4, 0.5) is 0 Å². The minimum absolute atomic E-state index is 0.827. The third-order valence-electron chi connectivity index (χ3n) is 3.20. The number of pyridine rings is 1. The maximum atomic E-state index is 4.36. The van der Waals surface area contributed by atoms with E-state index < -0.39 is 0 Å². The normalized spacial score (nSPS) is 11.5. The van der Waals surface area contributed by atoms with Crippen LogP contribution in [0.1, 0.15) is 21.1 Å². The number of aromatic nitrogens is 2. The maximum Gasteiger partial charge on any atom is 0.191 e. The van der Waals surface area contributed by atoms with Crippen molar-refractivity contribution in [1.82, 2.24) is 20.6 Å². The van der Waals surface area contributed by atoms with Gasteiger partial charge in [0, 0.05) is 49.5 Å². The lowest BCUT2D eigenvalue weighted by molar-refractivity contribution is 0.780. The van der Waals surface area contributed by atoms with E-state index in [0.29, 0.717) is 0 Å². The van der Waals surface area contributed by atoms with Crippen LogP contribution in [-0.2, 0) is 12.8 Å². The summed E-state index contributed by atoms with van der Waals surface area (Å²) in [6.07, 6.45) is 5.70. The highest BCUT2D eigenvalue weighted by atomic mass is 32.1. The molecule has 0 radical (unpaired) electrons. The first kappa shape index (κ1) is 16.4. The highest BCUT2D eigenvalue weighted by Gasteiger charge is 2.01. The number of aliphatic imine (C=N–C) groups is 1. The van der Waals surface area contributed by atoms with E-state index in [-0.39, 0.29) is 0 Å². The molecule has 5 nitrogen and oxygen atoms in total. The average Bonchev–Trinajstić information content (AvgIpc) is 2.93. The van der Waals surface area contributed by atoms with Crippen molar-refractivity contribution in [3.63, 3.8) is 0 Å². The smallest absolute Gasteiger partial charge is 0.191 e. The van der Waals surface area contributed by atoms with Gasteiger partial charge < -0.3 is 10.6 Å². The molecule has 2 aromatic rings. The van der Waals surface area contributed by atoms with E-state index in [1.54, 1.807) is 18.4 Å². The Hall–Kier alpha value is -1.95. The van der Waals surface area contributed by atoms with E-state index in [9.17, 15) is 0 Å². The summed E-state index contributed by atoms with van der Waals surface area (Å²) in [5, 5.41) is 7.79. The Morgan fingerprint density at radius 2 is 1.86 bits per heavy atom. The molecular weight excluding hydrogens is 294 g/mol.